The van der Waals surface area contributed by atoms with Gasteiger partial charge in [0.2, 0.25) is 0 Å². The fourth-order valence-electron chi connectivity index (χ4n) is 1.97. The van der Waals surface area contributed by atoms with Gasteiger partial charge in [-0.2, -0.15) is 0 Å². The van der Waals surface area contributed by atoms with E-state index in [1.165, 1.54) is 0 Å². The minimum atomic E-state index is -0.538. The number of nitrogens with one attached hydrogen (secondary N) is 1. The van der Waals surface area contributed by atoms with Gasteiger partial charge in [-0.3, -0.25) is 4.79 Å². The second-order valence-corrected chi connectivity index (χ2v) is 4.30. The Hall–Kier alpha value is -2.69. The molecule has 0 aromatic heterocycles. The summed E-state index contributed by atoms with van der Waals surface area (Å²) < 4.78 is 5.28. The van der Waals surface area contributed by atoms with Crippen molar-refractivity contribution in [2.75, 3.05) is 18.2 Å². The number of amides is 1. The van der Waals surface area contributed by atoms with Crippen LogP contribution in [-0.4, -0.2) is 13.0 Å². The maximum absolute atomic E-state index is 11.2. The van der Waals surface area contributed by atoms with Gasteiger partial charge in [-0.05, 0) is 18.2 Å². The first-order valence-corrected chi connectivity index (χ1v) is 6.17. The van der Waals surface area contributed by atoms with Gasteiger partial charge in [0.25, 0.3) is 5.91 Å². The Morgan fingerprint density at radius 2 is 1.95 bits per heavy atom. The van der Waals surface area contributed by atoms with Crippen LogP contribution in [0.25, 0.3) is 0 Å². The molecule has 20 heavy (non-hydrogen) atoms. The largest absolute Gasteiger partial charge is 0.496 e. The van der Waals surface area contributed by atoms with Crippen molar-refractivity contribution in [2.24, 2.45) is 5.73 Å². The summed E-state index contributed by atoms with van der Waals surface area (Å²) in [6.45, 7) is 0.538. The number of hydrogen-bond acceptors (Lipinski definition) is 4. The molecule has 0 heterocycles. The molecule has 0 saturated carbocycles. The molecule has 0 unspecified atom stereocenters. The average molecular weight is 271 g/mol. The van der Waals surface area contributed by atoms with E-state index in [1.54, 1.807) is 25.3 Å². The summed E-state index contributed by atoms with van der Waals surface area (Å²) in [7, 11) is 1.63. The zero-order valence-corrected chi connectivity index (χ0v) is 11.2. The number of nitrogens with two attached hydrogens (primary N) is 2. The van der Waals surface area contributed by atoms with Crippen LogP contribution in [0.15, 0.2) is 42.5 Å². The van der Waals surface area contributed by atoms with Crippen LogP contribution in [0.4, 0.5) is 11.4 Å². The van der Waals surface area contributed by atoms with Crippen molar-refractivity contribution >= 4 is 17.3 Å². The van der Waals surface area contributed by atoms with E-state index in [1.807, 2.05) is 24.3 Å². The molecule has 2 aromatic rings. The molecule has 0 radical (unpaired) electrons. The molecule has 0 fully saturated rings. The van der Waals surface area contributed by atoms with E-state index in [-0.39, 0.29) is 0 Å². The highest BCUT2D eigenvalue weighted by molar-refractivity contribution is 6.00. The molecule has 5 heteroatoms. The summed E-state index contributed by atoms with van der Waals surface area (Å²) in [5, 5.41) is 3.19. The predicted octanol–water partition coefficient (Wildman–Crippen LogP) is 1.99. The minimum absolute atomic E-state index is 0.315. The summed E-state index contributed by atoms with van der Waals surface area (Å²) in [4.78, 5) is 11.2. The lowest BCUT2D eigenvalue weighted by atomic mass is 10.1. The van der Waals surface area contributed by atoms with Crippen LogP contribution >= 0.6 is 0 Å². The number of anilines is 2. The number of carbonyl (C=O) groups excluding carboxylic acids is 1. The third-order valence-corrected chi connectivity index (χ3v) is 3.03. The van der Waals surface area contributed by atoms with Gasteiger partial charge < -0.3 is 21.5 Å². The molecule has 0 aliphatic rings. The van der Waals surface area contributed by atoms with E-state index >= 15 is 0 Å². The van der Waals surface area contributed by atoms with E-state index in [4.69, 9.17) is 16.2 Å². The second-order valence-electron chi connectivity index (χ2n) is 4.30. The molecule has 5 N–H and O–H groups in total. The van der Waals surface area contributed by atoms with Gasteiger partial charge in [0.15, 0.2) is 0 Å². The lowest BCUT2D eigenvalue weighted by molar-refractivity contribution is 0.100. The molecule has 0 bridgehead atoms. The number of hydrogen-bond donors (Lipinski definition) is 3. The highest BCUT2D eigenvalue weighted by Crippen LogP contribution is 2.24. The molecule has 1 amide bonds. The van der Waals surface area contributed by atoms with Gasteiger partial charge in [-0.25, -0.2) is 0 Å². The average Bonchev–Trinajstić information content (AvgIpc) is 2.46. The molecule has 2 aromatic carbocycles. The quantitative estimate of drug-likeness (QED) is 0.725. The van der Waals surface area contributed by atoms with Crippen molar-refractivity contribution in [2.45, 2.75) is 6.54 Å². The Morgan fingerprint density at radius 3 is 2.65 bits per heavy atom. The smallest absolute Gasteiger partial charge is 0.250 e. The van der Waals surface area contributed by atoms with E-state index in [2.05, 4.69) is 5.32 Å². The Morgan fingerprint density at radius 1 is 1.20 bits per heavy atom. The molecule has 0 spiro atoms. The van der Waals surface area contributed by atoms with Crippen LogP contribution < -0.4 is 21.5 Å². The van der Waals surface area contributed by atoms with Crippen molar-refractivity contribution < 1.29 is 9.53 Å². The van der Waals surface area contributed by atoms with Crippen LogP contribution in [0, 0.1) is 0 Å². The molecule has 2 rings (SSSR count). The number of carbonyl (C=O) groups is 1. The summed E-state index contributed by atoms with van der Waals surface area (Å²) >= 11 is 0. The first-order valence-electron chi connectivity index (χ1n) is 6.17. The minimum Gasteiger partial charge on any atom is -0.496 e. The normalized spacial score (nSPS) is 10.1. The third kappa shape index (κ3) is 2.83. The van der Waals surface area contributed by atoms with Crippen LogP contribution in [-0.2, 0) is 6.54 Å². The summed E-state index contributed by atoms with van der Waals surface area (Å²) in [5.41, 5.74) is 13.5. The van der Waals surface area contributed by atoms with Crippen molar-refractivity contribution in [1.29, 1.82) is 0 Å². The Kier molecular flexibility index (Phi) is 4.10. The number of primary amides is 1. The van der Waals surface area contributed by atoms with E-state index in [0.29, 0.717) is 23.5 Å². The lowest BCUT2D eigenvalue weighted by Crippen LogP contribution is -2.15. The van der Waals surface area contributed by atoms with Gasteiger partial charge >= 0.3 is 0 Å². The molecule has 0 aliphatic carbocycles. The third-order valence-electron chi connectivity index (χ3n) is 3.03. The number of methoxy groups -OCH3 is 1. The monoisotopic (exact) mass is 271 g/mol. The second kappa shape index (κ2) is 5.97. The van der Waals surface area contributed by atoms with Crippen molar-refractivity contribution in [3.8, 4) is 5.75 Å². The maximum atomic E-state index is 11.2. The van der Waals surface area contributed by atoms with Gasteiger partial charge in [0.05, 0.1) is 24.0 Å². The van der Waals surface area contributed by atoms with Crippen molar-refractivity contribution in [3.05, 3.63) is 53.6 Å². The highest BCUT2D eigenvalue weighted by Gasteiger charge is 2.09. The van der Waals surface area contributed by atoms with Gasteiger partial charge in [0, 0.05) is 12.1 Å². The molecule has 0 atom stereocenters. The first kappa shape index (κ1) is 13.7. The number of rotatable bonds is 5. The number of benzene rings is 2. The fourth-order valence-corrected chi connectivity index (χ4v) is 1.97. The summed E-state index contributed by atoms with van der Waals surface area (Å²) in [6, 6.07) is 12.8. The van der Waals surface area contributed by atoms with Crippen LogP contribution in [0.2, 0.25) is 0 Å². The van der Waals surface area contributed by atoms with Crippen LogP contribution in [0.3, 0.4) is 0 Å². The predicted molar refractivity (Wildman–Crippen MR) is 79.7 cm³/mol. The highest BCUT2D eigenvalue weighted by atomic mass is 16.5. The number of para-hydroxylation sites is 2. The summed E-state index contributed by atoms with van der Waals surface area (Å²) in [5.74, 6) is 0.257. The Bertz CT molecular complexity index is 626. The Labute approximate surface area is 117 Å². The summed E-state index contributed by atoms with van der Waals surface area (Å²) in [6.07, 6.45) is 0. The van der Waals surface area contributed by atoms with Crippen molar-refractivity contribution in [3.63, 3.8) is 0 Å². The van der Waals surface area contributed by atoms with E-state index in [0.717, 1.165) is 11.3 Å². The van der Waals surface area contributed by atoms with E-state index < -0.39 is 5.91 Å². The molecule has 0 aliphatic heterocycles. The van der Waals surface area contributed by atoms with Gasteiger partial charge in [-0.15, -0.1) is 0 Å². The van der Waals surface area contributed by atoms with Gasteiger partial charge in [0.1, 0.15) is 5.75 Å². The molecule has 0 saturated heterocycles. The SMILES string of the molecule is COc1ccccc1CNc1cccc(C(N)=O)c1N. The molecule has 5 nitrogen and oxygen atoms in total. The van der Waals surface area contributed by atoms with Gasteiger partial charge in [-0.1, -0.05) is 24.3 Å². The maximum Gasteiger partial charge on any atom is 0.250 e. The molecular weight excluding hydrogens is 254 g/mol. The Balaban J connectivity index is 2.19. The topological polar surface area (TPSA) is 90.4 Å². The van der Waals surface area contributed by atoms with Crippen molar-refractivity contribution in [1.82, 2.24) is 0 Å². The molecular formula is C15H17N3O2. The molecule has 104 valence electrons. The van der Waals surface area contributed by atoms with Crippen LogP contribution in [0.1, 0.15) is 15.9 Å². The zero-order chi connectivity index (χ0) is 14.5. The fraction of sp³-hybridized carbons (Fsp3) is 0.133. The first-order chi connectivity index (χ1) is 9.63. The van der Waals surface area contributed by atoms with Crippen LogP contribution in [0.5, 0.6) is 5.75 Å². The number of ether oxygens (including phenoxy) is 1. The van der Waals surface area contributed by atoms with E-state index in [9.17, 15) is 4.79 Å². The lowest BCUT2D eigenvalue weighted by Gasteiger charge is -2.13. The standard InChI is InChI=1S/C15H17N3O2/c1-20-13-8-3-2-5-10(13)9-18-12-7-4-6-11(14(12)16)15(17)19/h2-8,18H,9,16H2,1H3,(H2,17,19). The number of nitrogen functional groups attached to an aromatic ring is 1. The zero-order valence-electron chi connectivity index (χ0n) is 11.2.